The molecule has 0 spiro atoms. The van der Waals surface area contributed by atoms with Crippen molar-refractivity contribution in [1.29, 1.82) is 0 Å². The summed E-state index contributed by atoms with van der Waals surface area (Å²) in [6.07, 6.45) is 14.7. The highest BCUT2D eigenvalue weighted by atomic mass is 16.6. The van der Waals surface area contributed by atoms with E-state index in [1.165, 1.54) is 19.3 Å². The summed E-state index contributed by atoms with van der Waals surface area (Å²) in [4.78, 5) is 51.5. The maximum absolute atomic E-state index is 13.0. The average molecular weight is 665 g/mol. The molecule has 0 radical (unpaired) electrons. The van der Waals surface area contributed by atoms with Crippen molar-refractivity contribution in [3.8, 4) is 0 Å². The zero-order chi connectivity index (χ0) is 34.0. The SMILES string of the molecule is CC(C)CNC(CC(=O)OCC1CCC(COC(=O)CC(NCC(C)C)C(=O)OC2CCCCC2)CC1)C(=O)OC1CCCCCC1. The van der Waals surface area contributed by atoms with E-state index < -0.39 is 12.1 Å². The van der Waals surface area contributed by atoms with Crippen LogP contribution in [0.1, 0.15) is 137 Å². The van der Waals surface area contributed by atoms with Crippen molar-refractivity contribution in [1.82, 2.24) is 10.6 Å². The van der Waals surface area contributed by atoms with Crippen molar-refractivity contribution in [2.75, 3.05) is 26.3 Å². The zero-order valence-corrected chi connectivity index (χ0v) is 29.7. The Morgan fingerprint density at radius 1 is 0.532 bits per heavy atom. The van der Waals surface area contributed by atoms with E-state index in [0.29, 0.717) is 38.1 Å². The molecular formula is C37H64N2O8. The molecule has 3 rings (SSSR count). The van der Waals surface area contributed by atoms with Crippen LogP contribution in [0.5, 0.6) is 0 Å². The van der Waals surface area contributed by atoms with E-state index in [1.54, 1.807) is 0 Å². The molecule has 10 heteroatoms. The highest BCUT2D eigenvalue weighted by Crippen LogP contribution is 2.29. The third-order valence-electron chi connectivity index (χ3n) is 9.70. The van der Waals surface area contributed by atoms with Gasteiger partial charge in [0.2, 0.25) is 0 Å². The predicted molar refractivity (Wildman–Crippen MR) is 180 cm³/mol. The minimum atomic E-state index is -0.701. The number of rotatable bonds is 18. The Balaban J connectivity index is 1.36. The van der Waals surface area contributed by atoms with Gasteiger partial charge in [0.05, 0.1) is 26.1 Å². The first-order valence-electron chi connectivity index (χ1n) is 18.8. The molecule has 0 heterocycles. The number of nitrogens with one attached hydrogen (secondary N) is 2. The van der Waals surface area contributed by atoms with Crippen LogP contribution in [-0.4, -0.2) is 74.5 Å². The summed E-state index contributed by atoms with van der Waals surface area (Å²) in [5.41, 5.74) is 0. The summed E-state index contributed by atoms with van der Waals surface area (Å²) in [6.45, 7) is 10.1. The van der Waals surface area contributed by atoms with E-state index in [9.17, 15) is 19.2 Å². The van der Waals surface area contributed by atoms with Crippen molar-refractivity contribution in [3.05, 3.63) is 0 Å². The molecule has 0 saturated heterocycles. The molecule has 0 amide bonds. The van der Waals surface area contributed by atoms with Crippen molar-refractivity contribution in [3.63, 3.8) is 0 Å². The Morgan fingerprint density at radius 3 is 1.21 bits per heavy atom. The molecule has 270 valence electrons. The van der Waals surface area contributed by atoms with E-state index >= 15 is 0 Å². The fourth-order valence-corrected chi connectivity index (χ4v) is 6.71. The van der Waals surface area contributed by atoms with Gasteiger partial charge in [0.25, 0.3) is 0 Å². The first-order chi connectivity index (χ1) is 22.6. The Labute approximate surface area is 283 Å². The molecule has 0 aromatic rings. The van der Waals surface area contributed by atoms with Crippen LogP contribution >= 0.6 is 0 Å². The van der Waals surface area contributed by atoms with Gasteiger partial charge in [-0.3, -0.25) is 19.2 Å². The Morgan fingerprint density at radius 2 is 0.872 bits per heavy atom. The van der Waals surface area contributed by atoms with Crippen LogP contribution in [0.15, 0.2) is 0 Å². The molecule has 3 fully saturated rings. The fraction of sp³-hybridized carbons (Fsp3) is 0.892. The quantitative estimate of drug-likeness (QED) is 0.102. The van der Waals surface area contributed by atoms with Crippen LogP contribution in [0, 0.1) is 23.7 Å². The van der Waals surface area contributed by atoms with Crippen molar-refractivity contribution >= 4 is 23.9 Å². The number of carbonyl (C=O) groups excluding carboxylic acids is 4. The highest BCUT2D eigenvalue weighted by molar-refractivity contribution is 5.83. The summed E-state index contributed by atoms with van der Waals surface area (Å²) in [5.74, 6) is -0.337. The maximum Gasteiger partial charge on any atom is 0.324 e. The van der Waals surface area contributed by atoms with Gasteiger partial charge in [-0.1, -0.05) is 47.0 Å². The van der Waals surface area contributed by atoms with Gasteiger partial charge in [0, 0.05) is 0 Å². The first kappa shape index (κ1) is 39.2. The van der Waals surface area contributed by atoms with E-state index in [0.717, 1.165) is 77.0 Å². The molecule has 2 unspecified atom stereocenters. The number of hydrogen-bond donors (Lipinski definition) is 2. The van der Waals surface area contributed by atoms with Gasteiger partial charge in [-0.25, -0.2) is 0 Å². The summed E-state index contributed by atoms with van der Waals surface area (Å²) in [5, 5.41) is 6.43. The van der Waals surface area contributed by atoms with Gasteiger partial charge in [-0.15, -0.1) is 0 Å². The third-order valence-corrected chi connectivity index (χ3v) is 9.70. The molecule has 3 aliphatic rings. The average Bonchev–Trinajstić information content (AvgIpc) is 3.32. The third kappa shape index (κ3) is 16.2. The summed E-state index contributed by atoms with van der Waals surface area (Å²) >= 11 is 0. The van der Waals surface area contributed by atoms with Crippen molar-refractivity contribution in [2.45, 2.75) is 161 Å². The topological polar surface area (TPSA) is 129 Å². The summed E-state index contributed by atoms with van der Waals surface area (Å²) < 4.78 is 22.9. The standard InChI is InChI=1S/C37H64N2O8/c1-26(2)22-38-32(36(42)46-30-12-8-5-6-9-13-30)20-34(40)44-24-28-16-18-29(19-17-28)25-45-35(41)21-33(39-23-27(3)4)37(43)47-31-14-10-7-11-15-31/h26-33,38-39H,5-25H2,1-4H3. The van der Waals surface area contributed by atoms with Crippen LogP contribution in [0.25, 0.3) is 0 Å². The van der Waals surface area contributed by atoms with Gasteiger partial charge < -0.3 is 29.6 Å². The first-order valence-corrected chi connectivity index (χ1v) is 18.8. The lowest BCUT2D eigenvalue weighted by atomic mass is 9.83. The second-order valence-electron chi connectivity index (χ2n) is 15.1. The highest BCUT2D eigenvalue weighted by Gasteiger charge is 2.30. The van der Waals surface area contributed by atoms with Gasteiger partial charge >= 0.3 is 23.9 Å². The predicted octanol–water partition coefficient (Wildman–Crippen LogP) is 6.03. The smallest absolute Gasteiger partial charge is 0.324 e. The molecule has 0 bridgehead atoms. The lowest BCUT2D eigenvalue weighted by Crippen LogP contribution is -2.43. The monoisotopic (exact) mass is 664 g/mol. The van der Waals surface area contributed by atoms with Gasteiger partial charge in [0.1, 0.15) is 24.3 Å². The number of ether oxygens (including phenoxy) is 4. The van der Waals surface area contributed by atoms with Crippen LogP contribution in [-0.2, 0) is 38.1 Å². The van der Waals surface area contributed by atoms with Crippen molar-refractivity contribution < 1.29 is 38.1 Å². The Hall–Kier alpha value is -2.20. The second kappa shape index (κ2) is 21.7. The number of hydrogen-bond acceptors (Lipinski definition) is 10. The van der Waals surface area contributed by atoms with Crippen LogP contribution < -0.4 is 10.6 Å². The molecule has 0 aromatic heterocycles. The molecule has 3 aliphatic carbocycles. The molecule has 10 nitrogen and oxygen atoms in total. The molecule has 47 heavy (non-hydrogen) atoms. The zero-order valence-electron chi connectivity index (χ0n) is 29.7. The van der Waals surface area contributed by atoms with E-state index in [4.69, 9.17) is 18.9 Å². The van der Waals surface area contributed by atoms with Gasteiger partial charge in [-0.2, -0.15) is 0 Å². The lowest BCUT2D eigenvalue weighted by molar-refractivity contribution is -0.158. The van der Waals surface area contributed by atoms with Crippen LogP contribution in [0.4, 0.5) is 0 Å². The van der Waals surface area contributed by atoms with Crippen LogP contribution in [0.3, 0.4) is 0 Å². The molecule has 0 aromatic carbocycles. The lowest BCUT2D eigenvalue weighted by Gasteiger charge is -2.28. The number of carbonyl (C=O) groups is 4. The minimum absolute atomic E-state index is 0.0369. The minimum Gasteiger partial charge on any atom is -0.465 e. The summed E-state index contributed by atoms with van der Waals surface area (Å²) in [7, 11) is 0. The summed E-state index contributed by atoms with van der Waals surface area (Å²) in [6, 6.07) is -1.40. The second-order valence-corrected chi connectivity index (χ2v) is 15.1. The molecule has 0 aliphatic heterocycles. The molecule has 3 saturated carbocycles. The number of esters is 4. The largest absolute Gasteiger partial charge is 0.465 e. The van der Waals surface area contributed by atoms with Crippen LogP contribution in [0.2, 0.25) is 0 Å². The van der Waals surface area contributed by atoms with Gasteiger partial charge in [-0.05, 0) is 114 Å². The van der Waals surface area contributed by atoms with E-state index in [1.807, 2.05) is 0 Å². The van der Waals surface area contributed by atoms with E-state index in [2.05, 4.69) is 38.3 Å². The van der Waals surface area contributed by atoms with E-state index in [-0.39, 0.29) is 60.8 Å². The van der Waals surface area contributed by atoms with Gasteiger partial charge in [0.15, 0.2) is 0 Å². The molecule has 2 atom stereocenters. The van der Waals surface area contributed by atoms with Crippen molar-refractivity contribution in [2.24, 2.45) is 23.7 Å². The Kier molecular flexibility index (Phi) is 18.1. The Bertz CT molecular complexity index is 935. The molecular weight excluding hydrogens is 600 g/mol. The molecule has 2 N–H and O–H groups in total. The fourth-order valence-electron chi connectivity index (χ4n) is 6.71. The maximum atomic E-state index is 13.0. The normalized spacial score (nSPS) is 22.7.